The molecule has 104 valence electrons. The molecular weight excluding hydrogens is 324 g/mol. The molecule has 20 heavy (non-hydrogen) atoms. The summed E-state index contributed by atoms with van der Waals surface area (Å²) in [5.74, 6) is 0.642. The van der Waals surface area contributed by atoms with Crippen LogP contribution in [0.2, 0.25) is 0 Å². The third-order valence-electron chi connectivity index (χ3n) is 2.43. The molecule has 0 fully saturated rings. The van der Waals surface area contributed by atoms with Crippen LogP contribution < -0.4 is 10.5 Å². The minimum Gasteiger partial charge on any atom is -0.472 e. The van der Waals surface area contributed by atoms with E-state index in [1.165, 1.54) is 19.7 Å². The highest BCUT2D eigenvalue weighted by Crippen LogP contribution is 2.19. The lowest BCUT2D eigenvalue weighted by Gasteiger charge is -2.09. The number of nitrogens with zero attached hydrogens (tertiary/aromatic N) is 3. The SMILES string of the molecule is CO/N=C\c1c(N)ncnc1OCc1cccc(Br)c1. The van der Waals surface area contributed by atoms with Crippen LogP contribution in [0.15, 0.2) is 40.2 Å². The van der Waals surface area contributed by atoms with E-state index in [0.29, 0.717) is 18.1 Å². The monoisotopic (exact) mass is 336 g/mol. The van der Waals surface area contributed by atoms with Crippen LogP contribution in [-0.4, -0.2) is 23.3 Å². The summed E-state index contributed by atoms with van der Waals surface area (Å²) in [4.78, 5) is 12.6. The van der Waals surface area contributed by atoms with Gasteiger partial charge in [0.1, 0.15) is 31.4 Å². The molecule has 2 aromatic rings. The van der Waals surface area contributed by atoms with Crippen LogP contribution in [0.4, 0.5) is 5.82 Å². The van der Waals surface area contributed by atoms with Crippen LogP contribution in [0.1, 0.15) is 11.1 Å². The van der Waals surface area contributed by atoms with Crippen molar-refractivity contribution in [3.63, 3.8) is 0 Å². The highest BCUT2D eigenvalue weighted by molar-refractivity contribution is 9.10. The Bertz CT molecular complexity index is 619. The largest absolute Gasteiger partial charge is 0.472 e. The third-order valence-corrected chi connectivity index (χ3v) is 2.92. The summed E-state index contributed by atoms with van der Waals surface area (Å²) >= 11 is 3.41. The summed E-state index contributed by atoms with van der Waals surface area (Å²) in [6, 6.07) is 7.80. The van der Waals surface area contributed by atoms with E-state index in [0.717, 1.165) is 10.0 Å². The summed E-state index contributed by atoms with van der Waals surface area (Å²) in [5.41, 5.74) is 7.27. The van der Waals surface area contributed by atoms with Crippen LogP contribution in [-0.2, 0) is 11.4 Å². The first-order valence-electron chi connectivity index (χ1n) is 5.75. The van der Waals surface area contributed by atoms with Crippen molar-refractivity contribution in [1.29, 1.82) is 0 Å². The molecule has 0 bridgehead atoms. The van der Waals surface area contributed by atoms with Crippen molar-refractivity contribution in [3.8, 4) is 5.88 Å². The Morgan fingerprint density at radius 3 is 3.00 bits per heavy atom. The Kier molecular flexibility index (Phi) is 4.89. The standard InChI is InChI=1S/C13H13BrN4O2/c1-19-18-6-11-12(15)16-8-17-13(11)20-7-9-3-2-4-10(14)5-9/h2-6,8H,7H2,1H3,(H2,15,16,17)/b18-6-. The number of rotatable bonds is 5. The van der Waals surface area contributed by atoms with Gasteiger partial charge in [-0.25, -0.2) is 9.97 Å². The minimum atomic E-state index is 0.282. The topological polar surface area (TPSA) is 82.6 Å². The molecule has 2 rings (SSSR count). The van der Waals surface area contributed by atoms with Crippen LogP contribution in [0.25, 0.3) is 0 Å². The first kappa shape index (κ1) is 14.3. The molecule has 7 heteroatoms. The molecule has 0 saturated heterocycles. The molecule has 0 aliphatic rings. The Hall–Kier alpha value is -2.15. The highest BCUT2D eigenvalue weighted by Gasteiger charge is 2.09. The fraction of sp³-hybridized carbons (Fsp3) is 0.154. The van der Waals surface area contributed by atoms with Gasteiger partial charge in [-0.05, 0) is 17.7 Å². The Morgan fingerprint density at radius 1 is 1.40 bits per heavy atom. The molecule has 0 spiro atoms. The van der Waals surface area contributed by atoms with E-state index in [4.69, 9.17) is 10.5 Å². The number of hydrogen-bond acceptors (Lipinski definition) is 6. The first-order chi connectivity index (χ1) is 9.70. The van der Waals surface area contributed by atoms with Crippen molar-refractivity contribution in [1.82, 2.24) is 9.97 Å². The summed E-state index contributed by atoms with van der Waals surface area (Å²) in [6.45, 7) is 0.365. The second-order valence-corrected chi connectivity index (χ2v) is 4.73. The lowest BCUT2D eigenvalue weighted by atomic mass is 10.2. The van der Waals surface area contributed by atoms with Gasteiger partial charge < -0.3 is 15.3 Å². The Morgan fingerprint density at radius 2 is 2.25 bits per heavy atom. The van der Waals surface area contributed by atoms with Gasteiger partial charge in [-0.2, -0.15) is 0 Å². The lowest BCUT2D eigenvalue weighted by Crippen LogP contribution is -2.05. The average molecular weight is 337 g/mol. The van der Waals surface area contributed by atoms with Gasteiger partial charge >= 0.3 is 0 Å². The molecule has 0 aliphatic carbocycles. The first-order valence-corrected chi connectivity index (χ1v) is 6.54. The number of aromatic nitrogens is 2. The van der Waals surface area contributed by atoms with Gasteiger partial charge in [0.05, 0.1) is 6.21 Å². The molecule has 1 aromatic heterocycles. The normalized spacial score (nSPS) is 10.7. The molecule has 0 saturated carbocycles. The number of anilines is 1. The zero-order chi connectivity index (χ0) is 14.4. The smallest absolute Gasteiger partial charge is 0.228 e. The molecule has 0 amide bonds. The summed E-state index contributed by atoms with van der Waals surface area (Å²) < 4.78 is 6.65. The maximum Gasteiger partial charge on any atom is 0.228 e. The number of nitrogen functional groups attached to an aromatic ring is 1. The van der Waals surface area contributed by atoms with Crippen molar-refractivity contribution >= 4 is 28.0 Å². The predicted octanol–water partition coefficient (Wildman–Crippen LogP) is 2.38. The number of hydrogen-bond donors (Lipinski definition) is 1. The third kappa shape index (κ3) is 3.67. The van der Waals surface area contributed by atoms with Crippen LogP contribution in [0.3, 0.4) is 0 Å². The van der Waals surface area contributed by atoms with Crippen molar-refractivity contribution in [2.45, 2.75) is 6.61 Å². The molecule has 2 N–H and O–H groups in total. The van der Waals surface area contributed by atoms with Gasteiger partial charge in [0, 0.05) is 4.47 Å². The molecule has 1 heterocycles. The van der Waals surface area contributed by atoms with Crippen LogP contribution in [0, 0.1) is 0 Å². The molecule has 0 aliphatic heterocycles. The fourth-order valence-corrected chi connectivity index (χ4v) is 1.96. The van der Waals surface area contributed by atoms with E-state index >= 15 is 0 Å². The van der Waals surface area contributed by atoms with Crippen molar-refractivity contribution in [2.24, 2.45) is 5.16 Å². The second kappa shape index (κ2) is 6.85. The fourth-order valence-electron chi connectivity index (χ4n) is 1.51. The van der Waals surface area contributed by atoms with Gasteiger partial charge in [0.15, 0.2) is 0 Å². The van der Waals surface area contributed by atoms with Crippen molar-refractivity contribution < 1.29 is 9.57 Å². The van der Waals surface area contributed by atoms with Crippen LogP contribution >= 0.6 is 15.9 Å². The Balaban J connectivity index is 2.17. The molecule has 0 unspecified atom stereocenters. The lowest BCUT2D eigenvalue weighted by molar-refractivity contribution is 0.215. The van der Waals surface area contributed by atoms with Crippen molar-refractivity contribution in [2.75, 3.05) is 12.8 Å². The Labute approximate surface area is 124 Å². The number of nitrogens with two attached hydrogens (primary N) is 1. The maximum absolute atomic E-state index is 5.77. The average Bonchev–Trinajstić information content (AvgIpc) is 2.44. The summed E-state index contributed by atoms with van der Waals surface area (Å²) in [7, 11) is 1.44. The maximum atomic E-state index is 5.77. The van der Waals surface area contributed by atoms with E-state index in [9.17, 15) is 0 Å². The predicted molar refractivity (Wildman–Crippen MR) is 79.5 cm³/mol. The summed E-state index contributed by atoms with van der Waals surface area (Å²) in [5, 5.41) is 3.66. The van der Waals surface area contributed by atoms with E-state index in [2.05, 4.69) is 35.9 Å². The van der Waals surface area contributed by atoms with E-state index < -0.39 is 0 Å². The molecule has 0 radical (unpaired) electrons. The quantitative estimate of drug-likeness (QED) is 0.669. The number of halogens is 1. The number of benzene rings is 1. The zero-order valence-corrected chi connectivity index (χ0v) is 12.4. The number of oxime groups is 1. The van der Waals surface area contributed by atoms with Gasteiger partial charge in [-0.3, -0.25) is 0 Å². The number of ether oxygens (including phenoxy) is 1. The van der Waals surface area contributed by atoms with Gasteiger partial charge in [0.2, 0.25) is 5.88 Å². The van der Waals surface area contributed by atoms with Gasteiger partial charge in [0.25, 0.3) is 0 Å². The molecule has 1 aromatic carbocycles. The highest BCUT2D eigenvalue weighted by atomic mass is 79.9. The zero-order valence-electron chi connectivity index (χ0n) is 10.8. The van der Waals surface area contributed by atoms with Gasteiger partial charge in [-0.15, -0.1) is 0 Å². The van der Waals surface area contributed by atoms with E-state index in [1.54, 1.807) is 0 Å². The summed E-state index contributed by atoms with van der Waals surface area (Å²) in [6.07, 6.45) is 2.77. The molecular formula is C13H13BrN4O2. The van der Waals surface area contributed by atoms with Crippen molar-refractivity contribution in [3.05, 3.63) is 46.2 Å². The molecule has 6 nitrogen and oxygen atoms in total. The second-order valence-electron chi connectivity index (χ2n) is 3.81. The molecule has 0 atom stereocenters. The minimum absolute atomic E-state index is 0.282. The van der Waals surface area contributed by atoms with E-state index in [-0.39, 0.29) is 5.82 Å². The van der Waals surface area contributed by atoms with E-state index in [1.807, 2.05) is 24.3 Å². The van der Waals surface area contributed by atoms with Crippen LogP contribution in [0.5, 0.6) is 5.88 Å². The van der Waals surface area contributed by atoms with Gasteiger partial charge in [-0.1, -0.05) is 33.2 Å².